The first kappa shape index (κ1) is 13.9. The second-order valence-corrected chi connectivity index (χ2v) is 6.20. The maximum absolute atomic E-state index is 10.8. The summed E-state index contributed by atoms with van der Waals surface area (Å²) in [6, 6.07) is 0.554. The van der Waals surface area contributed by atoms with Crippen LogP contribution in [0, 0.1) is 0 Å². The third-order valence-corrected chi connectivity index (χ3v) is 3.24. The molecule has 0 amide bonds. The molecule has 0 fully saturated rings. The summed E-state index contributed by atoms with van der Waals surface area (Å²) in [5, 5.41) is 3.33. The van der Waals surface area contributed by atoms with Crippen molar-refractivity contribution in [2.75, 3.05) is 18.6 Å². The molecule has 14 heavy (non-hydrogen) atoms. The molecule has 0 aliphatic carbocycles. The Hall–Kier alpha value is -0.0900. The smallest absolute Gasteiger partial charge is 0.147 e. The molecule has 0 radical (unpaired) electrons. The van der Waals surface area contributed by atoms with Gasteiger partial charge in [0.1, 0.15) is 9.84 Å². The number of sulfone groups is 1. The minimum absolute atomic E-state index is 0.336. The first-order chi connectivity index (χ1) is 6.45. The summed E-state index contributed by atoms with van der Waals surface area (Å²) in [7, 11) is -2.75. The van der Waals surface area contributed by atoms with Crippen molar-refractivity contribution in [1.29, 1.82) is 0 Å². The van der Waals surface area contributed by atoms with Gasteiger partial charge in [-0.25, -0.2) is 8.42 Å². The summed E-state index contributed by atoms with van der Waals surface area (Å²) in [4.78, 5) is 0. The van der Waals surface area contributed by atoms with Crippen LogP contribution in [0.4, 0.5) is 0 Å². The summed E-state index contributed by atoms with van der Waals surface area (Å²) in [6.07, 6.45) is 5.37. The molecule has 0 bridgehead atoms. The van der Waals surface area contributed by atoms with Crippen LogP contribution in [-0.4, -0.2) is 33.0 Å². The van der Waals surface area contributed by atoms with Crippen LogP contribution in [0.15, 0.2) is 0 Å². The minimum atomic E-state index is -2.75. The molecule has 1 N–H and O–H groups in total. The van der Waals surface area contributed by atoms with Crippen LogP contribution in [0.5, 0.6) is 0 Å². The molecule has 3 nitrogen and oxygen atoms in total. The summed E-state index contributed by atoms with van der Waals surface area (Å²) in [6.45, 7) is 5.27. The Labute approximate surface area is 88.2 Å². The topological polar surface area (TPSA) is 46.2 Å². The average Bonchev–Trinajstić information content (AvgIpc) is 2.02. The Morgan fingerprint density at radius 2 is 1.86 bits per heavy atom. The first-order valence-corrected chi connectivity index (χ1v) is 7.43. The highest BCUT2D eigenvalue weighted by atomic mass is 32.2. The fourth-order valence-electron chi connectivity index (χ4n) is 1.44. The Morgan fingerprint density at radius 3 is 2.36 bits per heavy atom. The standard InChI is InChI=1S/C10H23NO2S/c1-4-11-10(2)8-6-5-7-9-14(3,12)13/h10-11H,4-9H2,1-3H3. The van der Waals surface area contributed by atoms with Crippen LogP contribution >= 0.6 is 0 Å². The monoisotopic (exact) mass is 221 g/mol. The maximum Gasteiger partial charge on any atom is 0.147 e. The normalized spacial score (nSPS) is 14.2. The molecule has 1 atom stereocenters. The molecule has 0 aliphatic heterocycles. The van der Waals surface area contributed by atoms with Crippen LogP contribution < -0.4 is 5.32 Å². The Kier molecular flexibility index (Phi) is 7.19. The second-order valence-electron chi connectivity index (χ2n) is 3.94. The fourth-order valence-corrected chi connectivity index (χ4v) is 2.17. The lowest BCUT2D eigenvalue weighted by Gasteiger charge is -2.11. The van der Waals surface area contributed by atoms with Gasteiger partial charge in [-0.05, 0) is 26.3 Å². The van der Waals surface area contributed by atoms with Gasteiger partial charge in [-0.3, -0.25) is 0 Å². The van der Waals surface area contributed by atoms with Crippen molar-refractivity contribution >= 4 is 9.84 Å². The highest BCUT2D eigenvalue weighted by Gasteiger charge is 2.02. The van der Waals surface area contributed by atoms with Gasteiger partial charge in [-0.2, -0.15) is 0 Å². The highest BCUT2D eigenvalue weighted by molar-refractivity contribution is 7.90. The number of hydrogen-bond donors (Lipinski definition) is 1. The van der Waals surface area contributed by atoms with Gasteiger partial charge in [0.05, 0.1) is 0 Å². The Balaban J connectivity index is 3.30. The SMILES string of the molecule is CCNC(C)CCCCCS(C)(=O)=O. The third-order valence-electron chi connectivity index (χ3n) is 2.20. The molecule has 0 saturated carbocycles. The van der Waals surface area contributed by atoms with Crippen molar-refractivity contribution < 1.29 is 8.42 Å². The van der Waals surface area contributed by atoms with E-state index in [1.165, 1.54) is 6.26 Å². The van der Waals surface area contributed by atoms with Crippen molar-refractivity contribution in [3.05, 3.63) is 0 Å². The summed E-state index contributed by atoms with van der Waals surface area (Å²) < 4.78 is 21.6. The van der Waals surface area contributed by atoms with E-state index in [2.05, 4.69) is 19.2 Å². The summed E-state index contributed by atoms with van der Waals surface area (Å²) in [5.41, 5.74) is 0. The van der Waals surface area contributed by atoms with Crippen molar-refractivity contribution in [3.8, 4) is 0 Å². The molecule has 0 spiro atoms. The van der Waals surface area contributed by atoms with E-state index in [9.17, 15) is 8.42 Å². The molecular weight excluding hydrogens is 198 g/mol. The molecule has 0 aromatic heterocycles. The van der Waals surface area contributed by atoms with Crippen molar-refractivity contribution in [1.82, 2.24) is 5.32 Å². The van der Waals surface area contributed by atoms with Crippen LogP contribution in [0.2, 0.25) is 0 Å². The molecule has 0 saturated heterocycles. The van der Waals surface area contributed by atoms with Gasteiger partial charge in [0.15, 0.2) is 0 Å². The molecule has 0 rings (SSSR count). The predicted molar refractivity (Wildman–Crippen MR) is 61.3 cm³/mol. The predicted octanol–water partition coefficient (Wildman–Crippen LogP) is 1.59. The number of rotatable bonds is 8. The minimum Gasteiger partial charge on any atom is -0.315 e. The molecule has 1 unspecified atom stereocenters. The van der Waals surface area contributed by atoms with Crippen molar-refractivity contribution in [2.45, 2.75) is 45.6 Å². The van der Waals surface area contributed by atoms with Gasteiger partial charge >= 0.3 is 0 Å². The summed E-state index contributed by atoms with van der Waals surface area (Å²) >= 11 is 0. The molecular formula is C10H23NO2S. The fraction of sp³-hybridized carbons (Fsp3) is 1.00. The average molecular weight is 221 g/mol. The van der Waals surface area contributed by atoms with Gasteiger partial charge in [-0.15, -0.1) is 0 Å². The lowest BCUT2D eigenvalue weighted by atomic mass is 10.1. The lowest BCUT2D eigenvalue weighted by Crippen LogP contribution is -2.25. The zero-order valence-electron chi connectivity index (χ0n) is 9.54. The zero-order valence-corrected chi connectivity index (χ0v) is 10.4. The molecule has 0 aromatic rings. The second kappa shape index (κ2) is 7.23. The largest absolute Gasteiger partial charge is 0.315 e. The van der Waals surface area contributed by atoms with Crippen LogP contribution in [0.3, 0.4) is 0 Å². The van der Waals surface area contributed by atoms with E-state index >= 15 is 0 Å². The highest BCUT2D eigenvalue weighted by Crippen LogP contribution is 2.04. The van der Waals surface area contributed by atoms with E-state index < -0.39 is 9.84 Å². The Morgan fingerprint density at radius 1 is 1.21 bits per heavy atom. The molecule has 4 heteroatoms. The number of nitrogens with one attached hydrogen (secondary N) is 1. The van der Waals surface area contributed by atoms with Gasteiger partial charge in [0.25, 0.3) is 0 Å². The molecule has 0 aromatic carbocycles. The maximum atomic E-state index is 10.8. The van der Waals surface area contributed by atoms with Crippen molar-refractivity contribution in [2.24, 2.45) is 0 Å². The van der Waals surface area contributed by atoms with Gasteiger partial charge < -0.3 is 5.32 Å². The van der Waals surface area contributed by atoms with E-state index in [0.29, 0.717) is 11.8 Å². The van der Waals surface area contributed by atoms with Crippen LogP contribution in [-0.2, 0) is 9.84 Å². The van der Waals surface area contributed by atoms with E-state index in [-0.39, 0.29) is 0 Å². The number of hydrogen-bond acceptors (Lipinski definition) is 3. The summed E-state index contributed by atoms with van der Waals surface area (Å²) in [5.74, 6) is 0.336. The Bertz CT molecular complexity index is 224. The molecule has 86 valence electrons. The van der Waals surface area contributed by atoms with Gasteiger partial charge in [0.2, 0.25) is 0 Å². The quantitative estimate of drug-likeness (QED) is 0.633. The first-order valence-electron chi connectivity index (χ1n) is 5.37. The zero-order chi connectivity index (χ0) is 11.0. The molecule has 0 aliphatic rings. The lowest BCUT2D eigenvalue weighted by molar-refractivity contribution is 0.499. The van der Waals surface area contributed by atoms with Crippen LogP contribution in [0.1, 0.15) is 39.5 Å². The van der Waals surface area contributed by atoms with Gasteiger partial charge in [0, 0.05) is 18.1 Å². The van der Waals surface area contributed by atoms with Gasteiger partial charge in [-0.1, -0.05) is 19.8 Å². The van der Waals surface area contributed by atoms with Crippen molar-refractivity contribution in [3.63, 3.8) is 0 Å². The van der Waals surface area contributed by atoms with Crippen LogP contribution in [0.25, 0.3) is 0 Å². The van der Waals surface area contributed by atoms with E-state index in [0.717, 1.165) is 32.2 Å². The van der Waals surface area contributed by atoms with E-state index in [4.69, 9.17) is 0 Å². The number of unbranched alkanes of at least 4 members (excludes halogenated alkanes) is 2. The third kappa shape index (κ3) is 9.99. The molecule has 0 heterocycles. The van der Waals surface area contributed by atoms with E-state index in [1.54, 1.807) is 0 Å². The van der Waals surface area contributed by atoms with E-state index in [1.807, 2.05) is 0 Å².